The van der Waals surface area contributed by atoms with Gasteiger partial charge in [-0.2, -0.15) is 0 Å². The Morgan fingerprint density at radius 2 is 2.08 bits per heavy atom. The zero-order valence-electron chi connectivity index (χ0n) is 7.08. The van der Waals surface area contributed by atoms with Crippen molar-refractivity contribution in [3.05, 3.63) is 36.2 Å². The summed E-state index contributed by atoms with van der Waals surface area (Å²) in [7, 11) is 0. The van der Waals surface area contributed by atoms with E-state index < -0.39 is 0 Å². The molecule has 0 fully saturated rings. The van der Waals surface area contributed by atoms with Gasteiger partial charge in [-0.05, 0) is 19.1 Å². The summed E-state index contributed by atoms with van der Waals surface area (Å²) in [6.07, 6.45) is 2.86. The van der Waals surface area contributed by atoms with Crippen LogP contribution >= 0.6 is 0 Å². The van der Waals surface area contributed by atoms with Crippen LogP contribution in [0.5, 0.6) is 0 Å². The molecule has 0 aliphatic rings. The van der Waals surface area contributed by atoms with Crippen LogP contribution in [0.3, 0.4) is 0 Å². The summed E-state index contributed by atoms with van der Waals surface area (Å²) in [6, 6.07) is 2.99. The van der Waals surface area contributed by atoms with Crippen LogP contribution < -0.4 is 0 Å². The molecule has 66 valence electrons. The van der Waals surface area contributed by atoms with E-state index in [4.69, 9.17) is 0 Å². The molecule has 0 spiro atoms. The fourth-order valence-corrected chi connectivity index (χ4v) is 1.09. The fourth-order valence-electron chi connectivity index (χ4n) is 1.09. The molecule has 0 amide bonds. The van der Waals surface area contributed by atoms with E-state index in [2.05, 4.69) is 15.0 Å². The second kappa shape index (κ2) is 2.97. The first-order chi connectivity index (χ1) is 6.25. The average Bonchev–Trinajstić information content (AvgIpc) is 2.53. The summed E-state index contributed by atoms with van der Waals surface area (Å²) in [4.78, 5) is 11.0. The number of aromatic amines is 1. The molecule has 2 aromatic rings. The van der Waals surface area contributed by atoms with E-state index in [1.807, 2.05) is 6.92 Å². The lowest BCUT2D eigenvalue weighted by Crippen LogP contribution is -1.84. The van der Waals surface area contributed by atoms with Gasteiger partial charge in [0.25, 0.3) is 0 Å². The Labute approximate surface area is 74.7 Å². The first kappa shape index (κ1) is 7.91. The summed E-state index contributed by atoms with van der Waals surface area (Å²) in [5, 5.41) is 0. The molecule has 0 unspecified atom stereocenters. The monoisotopic (exact) mass is 177 g/mol. The van der Waals surface area contributed by atoms with Crippen LogP contribution in [0.1, 0.15) is 5.82 Å². The molecule has 1 N–H and O–H groups in total. The summed E-state index contributed by atoms with van der Waals surface area (Å²) in [5.74, 6) is 0.487. The minimum Gasteiger partial charge on any atom is -0.341 e. The predicted molar refractivity (Wildman–Crippen MR) is 46.5 cm³/mol. The van der Waals surface area contributed by atoms with Crippen molar-refractivity contribution in [1.29, 1.82) is 0 Å². The lowest BCUT2D eigenvalue weighted by molar-refractivity contribution is 0.622. The van der Waals surface area contributed by atoms with E-state index in [0.29, 0.717) is 5.69 Å². The standard InChI is InChI=1S/C9H8FN3/c1-6-11-5-9(13-6)8-3-2-7(10)4-12-8/h2-5H,1H3,(H,11,13). The topological polar surface area (TPSA) is 41.6 Å². The van der Waals surface area contributed by atoms with Crippen LogP contribution in [-0.2, 0) is 0 Å². The quantitative estimate of drug-likeness (QED) is 0.723. The lowest BCUT2D eigenvalue weighted by Gasteiger charge is -1.94. The Balaban J connectivity index is 2.41. The van der Waals surface area contributed by atoms with Gasteiger partial charge in [0.1, 0.15) is 11.6 Å². The average molecular weight is 177 g/mol. The van der Waals surface area contributed by atoms with Gasteiger partial charge in [0.2, 0.25) is 0 Å². The maximum Gasteiger partial charge on any atom is 0.141 e. The number of hydrogen-bond donors (Lipinski definition) is 1. The van der Waals surface area contributed by atoms with Crippen LogP contribution in [-0.4, -0.2) is 15.0 Å². The first-order valence-electron chi connectivity index (χ1n) is 3.89. The van der Waals surface area contributed by atoms with Gasteiger partial charge in [-0.25, -0.2) is 9.37 Å². The van der Waals surface area contributed by atoms with E-state index in [1.165, 1.54) is 12.3 Å². The van der Waals surface area contributed by atoms with Crippen LogP contribution in [0.2, 0.25) is 0 Å². The van der Waals surface area contributed by atoms with Crippen molar-refractivity contribution < 1.29 is 4.39 Å². The number of aromatic nitrogens is 3. The molecule has 0 bridgehead atoms. The minimum atomic E-state index is -0.333. The second-order valence-corrected chi connectivity index (χ2v) is 2.74. The van der Waals surface area contributed by atoms with Crippen LogP contribution in [0.4, 0.5) is 4.39 Å². The number of H-pyrrole nitrogens is 1. The lowest BCUT2D eigenvalue weighted by atomic mass is 10.3. The second-order valence-electron chi connectivity index (χ2n) is 2.74. The highest BCUT2D eigenvalue weighted by Gasteiger charge is 2.01. The van der Waals surface area contributed by atoms with E-state index >= 15 is 0 Å². The van der Waals surface area contributed by atoms with Crippen LogP contribution in [0.15, 0.2) is 24.5 Å². The number of halogens is 1. The highest BCUT2D eigenvalue weighted by molar-refractivity contribution is 5.52. The zero-order valence-corrected chi connectivity index (χ0v) is 7.08. The van der Waals surface area contributed by atoms with Crippen LogP contribution in [0.25, 0.3) is 11.4 Å². The Bertz CT molecular complexity index is 405. The molecule has 0 saturated heterocycles. The highest BCUT2D eigenvalue weighted by Crippen LogP contribution is 2.13. The van der Waals surface area contributed by atoms with Gasteiger partial charge >= 0.3 is 0 Å². The molecule has 0 saturated carbocycles. The van der Waals surface area contributed by atoms with Crippen molar-refractivity contribution in [1.82, 2.24) is 15.0 Å². The number of nitrogens with zero attached hydrogens (tertiary/aromatic N) is 2. The third-order valence-electron chi connectivity index (χ3n) is 1.71. The van der Waals surface area contributed by atoms with E-state index in [-0.39, 0.29) is 5.82 Å². The number of pyridine rings is 1. The summed E-state index contributed by atoms with van der Waals surface area (Å²) >= 11 is 0. The molecule has 2 heterocycles. The maximum atomic E-state index is 12.5. The van der Waals surface area contributed by atoms with Gasteiger partial charge < -0.3 is 4.98 Å². The Morgan fingerprint density at radius 1 is 1.23 bits per heavy atom. The van der Waals surface area contributed by atoms with Gasteiger partial charge in [0, 0.05) is 0 Å². The molecule has 0 aliphatic heterocycles. The molecule has 2 rings (SSSR count). The molecule has 0 atom stereocenters. The van der Waals surface area contributed by atoms with E-state index in [9.17, 15) is 4.39 Å². The molecule has 4 heteroatoms. The SMILES string of the molecule is Cc1ncc(-c2ccc(F)cn2)[nH]1. The Hall–Kier alpha value is -1.71. The molecular formula is C9H8FN3. The Kier molecular flexibility index (Phi) is 1.81. The maximum absolute atomic E-state index is 12.5. The number of imidazole rings is 1. The summed E-state index contributed by atoms with van der Waals surface area (Å²) in [6.45, 7) is 1.85. The third-order valence-corrected chi connectivity index (χ3v) is 1.71. The first-order valence-corrected chi connectivity index (χ1v) is 3.89. The van der Waals surface area contributed by atoms with Gasteiger partial charge in [-0.3, -0.25) is 4.98 Å². The minimum absolute atomic E-state index is 0.333. The molecule has 0 aliphatic carbocycles. The van der Waals surface area contributed by atoms with Gasteiger partial charge in [-0.15, -0.1) is 0 Å². The molecule has 0 radical (unpaired) electrons. The fraction of sp³-hybridized carbons (Fsp3) is 0.111. The summed E-state index contributed by atoms with van der Waals surface area (Å²) in [5.41, 5.74) is 1.50. The molecule has 13 heavy (non-hydrogen) atoms. The third kappa shape index (κ3) is 1.56. The smallest absolute Gasteiger partial charge is 0.141 e. The van der Waals surface area contributed by atoms with Gasteiger partial charge in [0.15, 0.2) is 0 Å². The number of aryl methyl sites for hydroxylation is 1. The molecule has 2 aromatic heterocycles. The normalized spacial score (nSPS) is 10.3. The van der Waals surface area contributed by atoms with Crippen molar-refractivity contribution in [2.45, 2.75) is 6.92 Å². The van der Waals surface area contributed by atoms with Crippen molar-refractivity contribution in [3.8, 4) is 11.4 Å². The molecular weight excluding hydrogens is 169 g/mol. The van der Waals surface area contributed by atoms with E-state index in [0.717, 1.165) is 11.5 Å². The predicted octanol–water partition coefficient (Wildman–Crippen LogP) is 1.92. The van der Waals surface area contributed by atoms with E-state index in [1.54, 1.807) is 12.3 Å². The zero-order chi connectivity index (χ0) is 9.26. The van der Waals surface area contributed by atoms with Crippen LogP contribution in [0, 0.1) is 12.7 Å². The van der Waals surface area contributed by atoms with Crippen molar-refractivity contribution in [3.63, 3.8) is 0 Å². The molecule has 0 aromatic carbocycles. The van der Waals surface area contributed by atoms with Gasteiger partial charge in [-0.1, -0.05) is 0 Å². The highest BCUT2D eigenvalue weighted by atomic mass is 19.1. The number of hydrogen-bond acceptors (Lipinski definition) is 2. The van der Waals surface area contributed by atoms with Gasteiger partial charge in [0.05, 0.1) is 23.8 Å². The summed E-state index contributed by atoms with van der Waals surface area (Å²) < 4.78 is 12.5. The van der Waals surface area contributed by atoms with Crippen molar-refractivity contribution in [2.75, 3.05) is 0 Å². The molecule has 3 nitrogen and oxygen atoms in total. The van der Waals surface area contributed by atoms with Crippen molar-refractivity contribution in [2.24, 2.45) is 0 Å². The number of nitrogens with one attached hydrogen (secondary N) is 1. The Morgan fingerprint density at radius 3 is 2.62 bits per heavy atom. The number of rotatable bonds is 1. The van der Waals surface area contributed by atoms with Crippen molar-refractivity contribution >= 4 is 0 Å². The largest absolute Gasteiger partial charge is 0.341 e.